The summed E-state index contributed by atoms with van der Waals surface area (Å²) in [5.74, 6) is -0.989. The highest BCUT2D eigenvalue weighted by molar-refractivity contribution is 5.88. The first kappa shape index (κ1) is 8.73. The van der Waals surface area contributed by atoms with Gasteiger partial charge in [0.1, 0.15) is 5.56 Å². The zero-order valence-corrected chi connectivity index (χ0v) is 6.45. The molecule has 12 heavy (non-hydrogen) atoms. The number of carboxylic acids is 1. The average Bonchev–Trinajstić information content (AvgIpc) is 2.48. The van der Waals surface area contributed by atoms with E-state index in [1.54, 1.807) is 0 Å². The van der Waals surface area contributed by atoms with E-state index in [1.807, 2.05) is 0 Å². The Balaban J connectivity index is 2.70. The summed E-state index contributed by atoms with van der Waals surface area (Å²) >= 11 is 0. The number of aliphatic hydroxyl groups excluding tert-OH is 1. The largest absolute Gasteiger partial charge is 0.478 e. The zero-order chi connectivity index (χ0) is 8.97. The SMILES string of the molecule is O=C(O)c1c[nH]nc1CCCO. The molecule has 1 heterocycles. The van der Waals surface area contributed by atoms with Crippen LogP contribution >= 0.6 is 0 Å². The van der Waals surface area contributed by atoms with Crippen LogP contribution in [-0.2, 0) is 6.42 Å². The number of hydrogen-bond donors (Lipinski definition) is 3. The highest BCUT2D eigenvalue weighted by Gasteiger charge is 2.11. The molecule has 0 amide bonds. The van der Waals surface area contributed by atoms with Gasteiger partial charge in [-0.3, -0.25) is 5.10 Å². The van der Waals surface area contributed by atoms with Gasteiger partial charge in [-0.1, -0.05) is 0 Å². The van der Waals surface area contributed by atoms with E-state index in [2.05, 4.69) is 10.2 Å². The van der Waals surface area contributed by atoms with Crippen LogP contribution in [-0.4, -0.2) is 33.0 Å². The molecular formula is C7H10N2O3. The maximum Gasteiger partial charge on any atom is 0.339 e. The third-order valence-electron chi connectivity index (χ3n) is 1.52. The molecule has 0 aliphatic heterocycles. The summed E-state index contributed by atoms with van der Waals surface area (Å²) in [4.78, 5) is 10.5. The summed E-state index contributed by atoms with van der Waals surface area (Å²) in [6, 6.07) is 0. The Morgan fingerprint density at radius 3 is 3.00 bits per heavy atom. The number of aromatic nitrogens is 2. The van der Waals surface area contributed by atoms with Gasteiger partial charge in [-0.2, -0.15) is 5.10 Å². The fourth-order valence-corrected chi connectivity index (χ4v) is 0.941. The Labute approximate surface area is 69.0 Å². The van der Waals surface area contributed by atoms with E-state index in [9.17, 15) is 4.79 Å². The molecule has 0 aliphatic rings. The van der Waals surface area contributed by atoms with Crippen molar-refractivity contribution >= 4 is 5.97 Å². The van der Waals surface area contributed by atoms with E-state index in [4.69, 9.17) is 10.2 Å². The molecular weight excluding hydrogens is 160 g/mol. The minimum absolute atomic E-state index is 0.0475. The van der Waals surface area contributed by atoms with Crippen LogP contribution in [0.4, 0.5) is 0 Å². The van der Waals surface area contributed by atoms with Crippen LogP contribution in [0.15, 0.2) is 6.20 Å². The molecule has 5 heteroatoms. The van der Waals surface area contributed by atoms with Gasteiger partial charge >= 0.3 is 5.97 Å². The van der Waals surface area contributed by atoms with Gasteiger partial charge in [0.2, 0.25) is 0 Å². The van der Waals surface area contributed by atoms with Crippen molar-refractivity contribution < 1.29 is 15.0 Å². The standard InChI is InChI=1S/C7H10N2O3/c10-3-1-2-6-5(7(11)12)4-8-9-6/h4,10H,1-3H2,(H,8,9)(H,11,12). The highest BCUT2D eigenvalue weighted by atomic mass is 16.4. The second kappa shape index (κ2) is 3.87. The lowest BCUT2D eigenvalue weighted by Crippen LogP contribution is -2.00. The van der Waals surface area contributed by atoms with Gasteiger partial charge in [0.15, 0.2) is 0 Å². The number of nitrogens with one attached hydrogen (secondary N) is 1. The zero-order valence-electron chi connectivity index (χ0n) is 6.45. The van der Waals surface area contributed by atoms with Crippen molar-refractivity contribution in [1.29, 1.82) is 0 Å². The second-order valence-corrected chi connectivity index (χ2v) is 2.38. The minimum Gasteiger partial charge on any atom is -0.478 e. The van der Waals surface area contributed by atoms with Crippen LogP contribution in [0, 0.1) is 0 Å². The average molecular weight is 170 g/mol. The predicted molar refractivity (Wildman–Crippen MR) is 41.0 cm³/mol. The molecule has 0 aliphatic carbocycles. The van der Waals surface area contributed by atoms with E-state index in [-0.39, 0.29) is 12.2 Å². The van der Waals surface area contributed by atoms with Crippen LogP contribution in [0.5, 0.6) is 0 Å². The highest BCUT2D eigenvalue weighted by Crippen LogP contribution is 2.06. The monoisotopic (exact) mass is 170 g/mol. The molecule has 1 aromatic heterocycles. The normalized spacial score (nSPS) is 10.1. The first-order valence-electron chi connectivity index (χ1n) is 3.62. The lowest BCUT2D eigenvalue weighted by Gasteiger charge is -1.94. The van der Waals surface area contributed by atoms with E-state index >= 15 is 0 Å². The number of aromatic carboxylic acids is 1. The van der Waals surface area contributed by atoms with Crippen molar-refractivity contribution in [3.63, 3.8) is 0 Å². The molecule has 0 bridgehead atoms. The fraction of sp³-hybridized carbons (Fsp3) is 0.429. The summed E-state index contributed by atoms with van der Waals surface area (Å²) in [5, 5.41) is 23.4. The molecule has 5 nitrogen and oxygen atoms in total. The molecule has 0 saturated carbocycles. The number of hydrogen-bond acceptors (Lipinski definition) is 3. The fourth-order valence-electron chi connectivity index (χ4n) is 0.941. The molecule has 1 aromatic rings. The van der Waals surface area contributed by atoms with Crippen LogP contribution in [0.25, 0.3) is 0 Å². The van der Waals surface area contributed by atoms with Crippen molar-refractivity contribution in [3.05, 3.63) is 17.5 Å². The molecule has 3 N–H and O–H groups in total. The number of carboxylic acid groups (broad SMARTS) is 1. The maximum absolute atomic E-state index is 10.5. The summed E-state index contributed by atoms with van der Waals surface area (Å²) < 4.78 is 0. The van der Waals surface area contributed by atoms with E-state index in [0.717, 1.165) is 0 Å². The van der Waals surface area contributed by atoms with E-state index in [0.29, 0.717) is 18.5 Å². The number of nitrogens with zero attached hydrogens (tertiary/aromatic N) is 1. The first-order valence-corrected chi connectivity index (χ1v) is 3.62. The van der Waals surface area contributed by atoms with Gasteiger partial charge in [0.25, 0.3) is 0 Å². The third kappa shape index (κ3) is 1.82. The number of carbonyl (C=O) groups is 1. The van der Waals surface area contributed by atoms with Gasteiger partial charge in [0, 0.05) is 12.8 Å². The first-order chi connectivity index (χ1) is 5.75. The molecule has 0 atom stereocenters. The lowest BCUT2D eigenvalue weighted by molar-refractivity contribution is 0.0695. The lowest BCUT2D eigenvalue weighted by atomic mass is 10.1. The van der Waals surface area contributed by atoms with Gasteiger partial charge in [-0.15, -0.1) is 0 Å². The van der Waals surface area contributed by atoms with Crippen molar-refractivity contribution in [2.45, 2.75) is 12.8 Å². The van der Waals surface area contributed by atoms with Crippen LogP contribution in [0.2, 0.25) is 0 Å². The second-order valence-electron chi connectivity index (χ2n) is 2.38. The number of rotatable bonds is 4. The van der Waals surface area contributed by atoms with E-state index in [1.165, 1.54) is 6.20 Å². The van der Waals surface area contributed by atoms with Crippen LogP contribution in [0.1, 0.15) is 22.5 Å². The third-order valence-corrected chi connectivity index (χ3v) is 1.52. The smallest absolute Gasteiger partial charge is 0.339 e. The van der Waals surface area contributed by atoms with Gasteiger partial charge in [-0.05, 0) is 12.8 Å². The molecule has 0 saturated heterocycles. The summed E-state index contributed by atoms with van der Waals surface area (Å²) in [6.45, 7) is 0.0475. The Bertz CT molecular complexity index is 269. The van der Waals surface area contributed by atoms with Crippen molar-refractivity contribution in [2.75, 3.05) is 6.61 Å². The molecule has 0 aromatic carbocycles. The van der Waals surface area contributed by atoms with Gasteiger partial charge in [0.05, 0.1) is 5.69 Å². The predicted octanol–water partition coefficient (Wildman–Crippen LogP) is 0.0328. The van der Waals surface area contributed by atoms with Gasteiger partial charge < -0.3 is 10.2 Å². The van der Waals surface area contributed by atoms with Crippen molar-refractivity contribution in [2.24, 2.45) is 0 Å². The van der Waals surface area contributed by atoms with Crippen molar-refractivity contribution in [3.8, 4) is 0 Å². The molecule has 1 rings (SSSR count). The van der Waals surface area contributed by atoms with Crippen LogP contribution < -0.4 is 0 Å². The Morgan fingerprint density at radius 2 is 2.42 bits per heavy atom. The Hall–Kier alpha value is -1.36. The van der Waals surface area contributed by atoms with E-state index < -0.39 is 5.97 Å². The molecule has 0 fully saturated rings. The Kier molecular flexibility index (Phi) is 2.82. The number of H-pyrrole nitrogens is 1. The molecule has 0 unspecified atom stereocenters. The topological polar surface area (TPSA) is 86.2 Å². The minimum atomic E-state index is -0.989. The number of aromatic amines is 1. The summed E-state index contributed by atoms with van der Waals surface area (Å²) in [6.07, 6.45) is 2.36. The van der Waals surface area contributed by atoms with Crippen LogP contribution in [0.3, 0.4) is 0 Å². The van der Waals surface area contributed by atoms with Crippen molar-refractivity contribution in [1.82, 2.24) is 10.2 Å². The molecule has 0 spiro atoms. The van der Waals surface area contributed by atoms with Gasteiger partial charge in [-0.25, -0.2) is 4.79 Å². The number of aryl methyl sites for hydroxylation is 1. The maximum atomic E-state index is 10.5. The summed E-state index contributed by atoms with van der Waals surface area (Å²) in [7, 11) is 0. The Morgan fingerprint density at radius 1 is 1.67 bits per heavy atom. The quantitative estimate of drug-likeness (QED) is 0.595. The molecule has 66 valence electrons. The number of aliphatic hydroxyl groups is 1. The summed E-state index contributed by atoms with van der Waals surface area (Å²) in [5.41, 5.74) is 0.681. The molecule has 0 radical (unpaired) electrons.